The van der Waals surface area contributed by atoms with E-state index in [4.69, 9.17) is 0 Å². The fourth-order valence-corrected chi connectivity index (χ4v) is 1.01. The van der Waals surface area contributed by atoms with E-state index in [9.17, 15) is 13.6 Å². The van der Waals surface area contributed by atoms with Crippen molar-refractivity contribution in [2.24, 2.45) is 0 Å². The zero-order chi connectivity index (χ0) is 13.4. The van der Waals surface area contributed by atoms with Gasteiger partial charge in [-0.2, -0.15) is 0 Å². The van der Waals surface area contributed by atoms with Crippen molar-refractivity contribution in [3.63, 3.8) is 0 Å². The average Bonchev–Trinajstić information content (AvgIpc) is 2.31. The maximum absolute atomic E-state index is 12.1. The lowest BCUT2D eigenvalue weighted by Crippen LogP contribution is -2.30. The topological polar surface area (TPSA) is 42.0 Å². The number of amides is 1. The molecule has 0 aliphatic heterocycles. The fourth-order valence-electron chi connectivity index (χ4n) is 1.01. The molecule has 3 nitrogen and oxygen atoms in total. The quantitative estimate of drug-likeness (QED) is 0.887. The predicted molar refractivity (Wildman–Crippen MR) is 63.1 cm³/mol. The molecule has 0 atom stereocenters. The van der Waals surface area contributed by atoms with Gasteiger partial charge >= 0.3 is 0 Å². The molecule has 0 bridgehead atoms. The van der Waals surface area contributed by atoms with Gasteiger partial charge in [-0.3, -0.25) is 9.78 Å². The van der Waals surface area contributed by atoms with Crippen LogP contribution in [0, 0.1) is 0 Å². The number of nitrogens with zero attached hydrogens (tertiary/aromatic N) is 1. The second kappa shape index (κ2) is 7.70. The van der Waals surface area contributed by atoms with Gasteiger partial charge in [-0.1, -0.05) is 13.8 Å². The van der Waals surface area contributed by atoms with Crippen molar-refractivity contribution in [1.82, 2.24) is 10.3 Å². The van der Waals surface area contributed by atoms with Crippen molar-refractivity contribution >= 4 is 5.91 Å². The number of hydrogen-bond donors (Lipinski definition) is 1. The van der Waals surface area contributed by atoms with E-state index in [1.807, 2.05) is 27.7 Å². The first-order chi connectivity index (χ1) is 8.00. The average molecular weight is 244 g/mol. The molecular weight excluding hydrogens is 226 g/mol. The van der Waals surface area contributed by atoms with Crippen LogP contribution in [0.25, 0.3) is 0 Å². The van der Waals surface area contributed by atoms with E-state index in [0.717, 1.165) is 12.3 Å². The van der Waals surface area contributed by atoms with Crippen LogP contribution < -0.4 is 5.32 Å². The smallest absolute Gasteiger partial charge is 0.280 e. The van der Waals surface area contributed by atoms with Crippen molar-refractivity contribution in [2.75, 3.05) is 0 Å². The molecular formula is C12H18F2N2O. The molecule has 17 heavy (non-hydrogen) atoms. The molecule has 1 heterocycles. The lowest BCUT2D eigenvalue weighted by atomic mass is 10.2. The van der Waals surface area contributed by atoms with Crippen LogP contribution in [0.15, 0.2) is 18.3 Å². The van der Waals surface area contributed by atoms with Crippen molar-refractivity contribution in [1.29, 1.82) is 0 Å². The van der Waals surface area contributed by atoms with E-state index >= 15 is 0 Å². The normalized spacial score (nSPS) is 9.88. The minimum atomic E-state index is -2.60. The van der Waals surface area contributed by atoms with Gasteiger partial charge in [0.25, 0.3) is 12.3 Å². The second-order valence-corrected chi connectivity index (χ2v) is 3.40. The first-order valence-electron chi connectivity index (χ1n) is 5.55. The number of alkyl halides is 2. The Labute approximate surface area is 100 Å². The number of nitrogens with one attached hydrogen (secondary N) is 1. The number of hydrogen-bond acceptors (Lipinski definition) is 2. The molecule has 0 saturated carbocycles. The number of halogens is 2. The molecule has 1 aromatic rings. The minimum Gasteiger partial charge on any atom is -0.350 e. The summed E-state index contributed by atoms with van der Waals surface area (Å²) in [5, 5.41) is 2.64. The van der Waals surface area contributed by atoms with E-state index in [1.54, 1.807) is 0 Å². The lowest BCUT2D eigenvalue weighted by Gasteiger charge is -2.08. The summed E-state index contributed by atoms with van der Waals surface area (Å²) in [5.74, 6) is -0.307. The summed E-state index contributed by atoms with van der Waals surface area (Å²) in [5.41, 5.74) is -0.0378. The molecule has 96 valence electrons. The first-order valence-corrected chi connectivity index (χ1v) is 5.55. The number of aromatic nitrogens is 1. The van der Waals surface area contributed by atoms with Gasteiger partial charge in [0.05, 0.1) is 5.56 Å². The summed E-state index contributed by atoms with van der Waals surface area (Å²) in [6, 6.07) is 2.50. The van der Waals surface area contributed by atoms with Crippen LogP contribution in [-0.2, 0) is 0 Å². The van der Waals surface area contributed by atoms with Crippen molar-refractivity contribution in [3.8, 4) is 0 Å². The van der Waals surface area contributed by atoms with Crippen LogP contribution in [-0.4, -0.2) is 16.9 Å². The van der Waals surface area contributed by atoms with Crippen LogP contribution in [0.3, 0.4) is 0 Å². The molecule has 0 unspecified atom stereocenters. The minimum absolute atomic E-state index is 0.00674. The third kappa shape index (κ3) is 5.38. The Hall–Kier alpha value is -1.52. The molecule has 1 aromatic heterocycles. The maximum Gasteiger partial charge on any atom is 0.280 e. The van der Waals surface area contributed by atoms with Crippen LogP contribution in [0.4, 0.5) is 8.78 Å². The van der Waals surface area contributed by atoms with Crippen LogP contribution in [0.2, 0.25) is 0 Å². The molecule has 1 amide bonds. The predicted octanol–water partition coefficient (Wildman–Crippen LogP) is 3.18. The summed E-state index contributed by atoms with van der Waals surface area (Å²) >= 11 is 0. The van der Waals surface area contributed by atoms with Crippen molar-refractivity contribution in [3.05, 3.63) is 29.6 Å². The number of carbonyl (C=O) groups is 1. The van der Waals surface area contributed by atoms with Crippen LogP contribution >= 0.6 is 0 Å². The van der Waals surface area contributed by atoms with Gasteiger partial charge in [0.1, 0.15) is 5.69 Å². The number of pyridine rings is 1. The molecule has 0 fully saturated rings. The Morgan fingerprint density at radius 3 is 2.24 bits per heavy atom. The monoisotopic (exact) mass is 244 g/mol. The van der Waals surface area contributed by atoms with Crippen LogP contribution in [0.5, 0.6) is 0 Å². The highest BCUT2D eigenvalue weighted by Crippen LogP contribution is 2.15. The van der Waals surface area contributed by atoms with Gasteiger partial charge in [0.15, 0.2) is 0 Å². The highest BCUT2D eigenvalue weighted by atomic mass is 19.3. The maximum atomic E-state index is 12.1. The molecule has 1 rings (SSSR count). The van der Waals surface area contributed by atoms with Gasteiger partial charge in [-0.15, -0.1) is 0 Å². The zero-order valence-corrected chi connectivity index (χ0v) is 10.5. The SMILES string of the molecule is CC.CC(C)NC(=O)c1ccc(C(F)F)nc1. The third-order valence-corrected chi connectivity index (χ3v) is 1.69. The Morgan fingerprint density at radius 1 is 1.29 bits per heavy atom. The van der Waals surface area contributed by atoms with Gasteiger partial charge in [0.2, 0.25) is 0 Å². The third-order valence-electron chi connectivity index (χ3n) is 1.69. The molecule has 0 aromatic carbocycles. The van der Waals surface area contributed by atoms with Crippen molar-refractivity contribution < 1.29 is 13.6 Å². The lowest BCUT2D eigenvalue weighted by molar-refractivity contribution is 0.0942. The highest BCUT2D eigenvalue weighted by molar-refractivity contribution is 5.93. The largest absolute Gasteiger partial charge is 0.350 e. The van der Waals surface area contributed by atoms with Crippen LogP contribution in [0.1, 0.15) is 50.2 Å². The number of carbonyl (C=O) groups excluding carboxylic acids is 1. The molecule has 5 heteroatoms. The molecule has 0 aliphatic carbocycles. The highest BCUT2D eigenvalue weighted by Gasteiger charge is 2.11. The Morgan fingerprint density at radius 2 is 1.88 bits per heavy atom. The van der Waals surface area contributed by atoms with E-state index in [1.165, 1.54) is 6.07 Å². The van der Waals surface area contributed by atoms with E-state index < -0.39 is 6.43 Å². The summed E-state index contributed by atoms with van der Waals surface area (Å²) < 4.78 is 24.3. The second-order valence-electron chi connectivity index (χ2n) is 3.40. The summed E-state index contributed by atoms with van der Waals surface area (Å²) in [6.45, 7) is 7.64. The fraction of sp³-hybridized carbons (Fsp3) is 0.500. The van der Waals surface area contributed by atoms with Crippen molar-refractivity contribution in [2.45, 2.75) is 40.2 Å². The Balaban J connectivity index is 0.00000121. The number of rotatable bonds is 3. The van der Waals surface area contributed by atoms with Gasteiger partial charge in [0, 0.05) is 12.2 Å². The van der Waals surface area contributed by atoms with E-state index in [2.05, 4.69) is 10.3 Å². The first kappa shape index (κ1) is 15.5. The molecule has 0 spiro atoms. The van der Waals surface area contributed by atoms with E-state index in [0.29, 0.717) is 0 Å². The summed E-state index contributed by atoms with van der Waals surface area (Å²) in [4.78, 5) is 14.9. The molecule has 0 radical (unpaired) electrons. The van der Waals surface area contributed by atoms with E-state index in [-0.39, 0.29) is 23.2 Å². The Bertz CT molecular complexity index is 337. The zero-order valence-electron chi connectivity index (χ0n) is 10.5. The summed E-state index contributed by atoms with van der Waals surface area (Å²) in [7, 11) is 0. The van der Waals surface area contributed by atoms with Gasteiger partial charge < -0.3 is 5.32 Å². The summed E-state index contributed by atoms with van der Waals surface area (Å²) in [6.07, 6.45) is -1.45. The molecule has 0 aliphatic rings. The molecule has 1 N–H and O–H groups in total. The Kier molecular flexibility index (Phi) is 7.02. The standard InChI is InChI=1S/C10H12F2N2O.C2H6/c1-6(2)14-10(15)7-3-4-8(9(11)12)13-5-7;1-2/h3-6,9H,1-2H3,(H,14,15);1-2H3. The van der Waals surface area contributed by atoms with Gasteiger partial charge in [-0.25, -0.2) is 8.78 Å². The van der Waals surface area contributed by atoms with Gasteiger partial charge in [-0.05, 0) is 26.0 Å². The molecule has 0 saturated heterocycles.